The summed E-state index contributed by atoms with van der Waals surface area (Å²) in [5.41, 5.74) is -0.864. The van der Waals surface area contributed by atoms with Crippen LogP contribution in [0.5, 0.6) is 0 Å². The van der Waals surface area contributed by atoms with Gasteiger partial charge in [0.1, 0.15) is 0 Å². The van der Waals surface area contributed by atoms with Gasteiger partial charge in [-0.25, -0.2) is 9.79 Å². The fraction of sp³-hybridized carbons (Fsp3) is 0.647. The average molecular weight is 342 g/mol. The highest BCUT2D eigenvalue weighted by Gasteiger charge is 2.32. The smallest absolute Gasteiger partial charge is 0.340 e. The molecule has 24 heavy (non-hydrogen) atoms. The molecule has 0 aromatic carbocycles. The number of hydrogen-bond donors (Lipinski definition) is 3. The van der Waals surface area contributed by atoms with E-state index in [9.17, 15) is 15.0 Å². The van der Waals surface area contributed by atoms with Gasteiger partial charge < -0.3 is 25.0 Å². The number of aliphatic imine (C=N–C) groups is 1. The van der Waals surface area contributed by atoms with Crippen molar-refractivity contribution in [3.05, 3.63) is 25.3 Å². The van der Waals surface area contributed by atoms with Crippen molar-refractivity contribution < 1.29 is 24.5 Å². The lowest BCUT2D eigenvalue weighted by molar-refractivity contribution is 0.00376. The topological polar surface area (TPSA) is 100 Å². The maximum Gasteiger partial charge on any atom is 0.340 e. The van der Waals surface area contributed by atoms with Gasteiger partial charge in [0, 0.05) is 11.8 Å². The summed E-state index contributed by atoms with van der Waals surface area (Å²) in [7, 11) is 0. The number of carbonyl (C=O) groups excluding carboxylic acids is 1. The summed E-state index contributed by atoms with van der Waals surface area (Å²) in [6, 6.07) is -0.529. The Hall–Kier alpha value is -1.54. The molecule has 2 unspecified atom stereocenters. The summed E-state index contributed by atoms with van der Waals surface area (Å²) in [4.78, 5) is 15.4. The predicted molar refractivity (Wildman–Crippen MR) is 94.4 cm³/mol. The van der Waals surface area contributed by atoms with Gasteiger partial charge in [0.25, 0.3) is 0 Å². The molecule has 2 amide bonds. The fourth-order valence-electron chi connectivity index (χ4n) is 2.33. The van der Waals surface area contributed by atoms with Crippen molar-refractivity contribution in [3.63, 3.8) is 0 Å². The van der Waals surface area contributed by atoms with Gasteiger partial charge in [0.15, 0.2) is 0 Å². The molecule has 0 saturated carbocycles. The van der Waals surface area contributed by atoms with Crippen molar-refractivity contribution in [1.29, 1.82) is 0 Å². The third-order valence-corrected chi connectivity index (χ3v) is 3.12. The summed E-state index contributed by atoms with van der Waals surface area (Å²) < 4.78 is 10.4. The molecule has 0 heterocycles. The largest absolute Gasteiger partial charge is 0.391 e. The first-order valence-corrected chi connectivity index (χ1v) is 7.91. The van der Waals surface area contributed by atoms with Crippen LogP contribution in [0.25, 0.3) is 0 Å². The van der Waals surface area contributed by atoms with E-state index in [0.717, 1.165) is 0 Å². The molecule has 0 aromatic heterocycles. The number of hydrogen-bond acceptors (Lipinski definition) is 5. The van der Waals surface area contributed by atoms with Crippen LogP contribution in [-0.2, 0) is 9.47 Å². The number of urea groups is 1. The normalized spacial score (nSPS) is 16.3. The maximum atomic E-state index is 11.8. The molecule has 0 radical (unpaired) electrons. The van der Waals surface area contributed by atoms with E-state index in [4.69, 9.17) is 9.47 Å². The Kier molecular flexibility index (Phi) is 12.0. The van der Waals surface area contributed by atoms with Crippen molar-refractivity contribution in [1.82, 2.24) is 5.32 Å². The summed E-state index contributed by atoms with van der Waals surface area (Å²) in [5, 5.41) is 22.9. The van der Waals surface area contributed by atoms with Crippen LogP contribution in [-0.4, -0.2) is 66.6 Å². The van der Waals surface area contributed by atoms with Gasteiger partial charge in [0.05, 0.1) is 38.6 Å². The summed E-state index contributed by atoms with van der Waals surface area (Å²) in [5.74, 6) is 0. The van der Waals surface area contributed by atoms with Crippen LogP contribution in [0.4, 0.5) is 4.79 Å². The second-order valence-corrected chi connectivity index (χ2v) is 5.75. The van der Waals surface area contributed by atoms with E-state index in [1.165, 1.54) is 6.21 Å². The Labute approximate surface area is 144 Å². The Morgan fingerprint density at radius 3 is 2.00 bits per heavy atom. The molecule has 138 valence electrons. The first-order chi connectivity index (χ1) is 11.4. The van der Waals surface area contributed by atoms with Gasteiger partial charge in [-0.1, -0.05) is 12.2 Å². The van der Waals surface area contributed by atoms with E-state index in [1.807, 2.05) is 0 Å². The van der Waals surface area contributed by atoms with Crippen LogP contribution in [0.1, 0.15) is 26.7 Å². The standard InChI is InChI=1S/C17H30N2O5/c1-5-8-23-12-14(20)10-17(4,19-16(22)18-7-3)11-15(21)13-24-9-6-2/h5-7,14-15,20-21H,1-2,8-13H2,3-4H3,(H,19,22). The highest BCUT2D eigenvalue weighted by atomic mass is 16.5. The second-order valence-electron chi connectivity index (χ2n) is 5.75. The number of amides is 2. The molecule has 7 nitrogen and oxygen atoms in total. The second kappa shape index (κ2) is 12.8. The summed E-state index contributed by atoms with van der Waals surface area (Å²) in [6.45, 7) is 11.3. The minimum Gasteiger partial charge on any atom is -0.391 e. The van der Waals surface area contributed by atoms with Gasteiger partial charge in [-0.2, -0.15) is 0 Å². The van der Waals surface area contributed by atoms with Crippen LogP contribution in [0.3, 0.4) is 0 Å². The fourth-order valence-corrected chi connectivity index (χ4v) is 2.33. The number of ether oxygens (including phenoxy) is 2. The zero-order valence-electron chi connectivity index (χ0n) is 14.6. The minimum absolute atomic E-state index is 0.109. The van der Waals surface area contributed by atoms with Crippen LogP contribution in [0.2, 0.25) is 0 Å². The van der Waals surface area contributed by atoms with E-state index in [1.54, 1.807) is 26.0 Å². The van der Waals surface area contributed by atoms with E-state index >= 15 is 0 Å². The molecule has 0 fully saturated rings. The van der Waals surface area contributed by atoms with E-state index in [-0.39, 0.29) is 26.1 Å². The Balaban J connectivity index is 4.76. The van der Waals surface area contributed by atoms with Gasteiger partial charge >= 0.3 is 6.03 Å². The highest BCUT2D eigenvalue weighted by Crippen LogP contribution is 2.20. The number of carbonyl (C=O) groups is 1. The molecule has 0 rings (SSSR count). The molecule has 0 spiro atoms. The first kappa shape index (κ1) is 22.5. The average Bonchev–Trinajstić information content (AvgIpc) is 2.47. The molecule has 0 aliphatic heterocycles. The number of aliphatic hydroxyl groups excluding tert-OH is 2. The molecule has 0 aliphatic carbocycles. The SMILES string of the molecule is C=CCOCC(O)CC(C)(CC(O)COCC=C)NC(=O)N=CC. The maximum absolute atomic E-state index is 11.8. The van der Waals surface area contributed by atoms with E-state index in [2.05, 4.69) is 23.5 Å². The van der Waals surface area contributed by atoms with Crippen LogP contribution in [0, 0.1) is 0 Å². The van der Waals surface area contributed by atoms with E-state index < -0.39 is 23.8 Å². The number of nitrogens with zero attached hydrogens (tertiary/aromatic N) is 1. The van der Waals surface area contributed by atoms with Gasteiger partial charge in [-0.05, 0) is 26.7 Å². The molecular formula is C17H30N2O5. The van der Waals surface area contributed by atoms with Crippen molar-refractivity contribution in [2.75, 3.05) is 26.4 Å². The number of nitrogens with one attached hydrogen (secondary N) is 1. The molecule has 0 bridgehead atoms. The number of aliphatic hydroxyl groups is 2. The van der Waals surface area contributed by atoms with Crippen molar-refractivity contribution in [2.24, 2.45) is 4.99 Å². The van der Waals surface area contributed by atoms with Crippen molar-refractivity contribution in [2.45, 2.75) is 44.4 Å². The van der Waals surface area contributed by atoms with Crippen molar-refractivity contribution >= 4 is 12.2 Å². The lowest BCUT2D eigenvalue weighted by atomic mass is 9.88. The zero-order valence-corrected chi connectivity index (χ0v) is 14.6. The molecule has 0 saturated heterocycles. The molecule has 2 atom stereocenters. The minimum atomic E-state index is -0.864. The third-order valence-electron chi connectivity index (χ3n) is 3.12. The molecule has 0 aliphatic rings. The van der Waals surface area contributed by atoms with Crippen molar-refractivity contribution in [3.8, 4) is 0 Å². The molecule has 0 aromatic rings. The highest BCUT2D eigenvalue weighted by molar-refractivity contribution is 5.83. The van der Waals surface area contributed by atoms with Gasteiger partial charge in [0.2, 0.25) is 0 Å². The Bertz CT molecular complexity index is 390. The van der Waals surface area contributed by atoms with Crippen LogP contribution >= 0.6 is 0 Å². The molecule has 7 heteroatoms. The number of rotatable bonds is 13. The van der Waals surface area contributed by atoms with Crippen LogP contribution < -0.4 is 5.32 Å². The Morgan fingerprint density at radius 2 is 1.62 bits per heavy atom. The third kappa shape index (κ3) is 11.1. The van der Waals surface area contributed by atoms with E-state index in [0.29, 0.717) is 13.2 Å². The first-order valence-electron chi connectivity index (χ1n) is 7.91. The monoisotopic (exact) mass is 342 g/mol. The zero-order chi connectivity index (χ0) is 18.4. The van der Waals surface area contributed by atoms with Gasteiger partial charge in [-0.3, -0.25) is 0 Å². The lowest BCUT2D eigenvalue weighted by Gasteiger charge is -2.33. The summed E-state index contributed by atoms with van der Waals surface area (Å²) >= 11 is 0. The molecule has 3 N–H and O–H groups in total. The van der Waals surface area contributed by atoms with Gasteiger partial charge in [-0.15, -0.1) is 13.2 Å². The van der Waals surface area contributed by atoms with Crippen LogP contribution in [0.15, 0.2) is 30.3 Å². The quantitative estimate of drug-likeness (QED) is 0.267. The lowest BCUT2D eigenvalue weighted by Crippen LogP contribution is -2.50. The molecular weight excluding hydrogens is 312 g/mol. The summed E-state index contributed by atoms with van der Waals surface area (Å²) in [6.07, 6.45) is 3.35. The predicted octanol–water partition coefficient (Wildman–Crippen LogP) is 1.45. The Morgan fingerprint density at radius 1 is 1.17 bits per heavy atom.